The van der Waals surface area contributed by atoms with Gasteiger partial charge in [0.2, 0.25) is 0 Å². The Labute approximate surface area is 116 Å². The van der Waals surface area contributed by atoms with E-state index < -0.39 is 0 Å². The Morgan fingerprint density at radius 1 is 1.53 bits per heavy atom. The Hall–Kier alpha value is 0.100. The second-order valence-electron chi connectivity index (χ2n) is 5.82. The average molecular weight is 315 g/mol. The molecule has 1 aromatic rings. The van der Waals surface area contributed by atoms with Gasteiger partial charge in [-0.2, -0.15) is 0 Å². The van der Waals surface area contributed by atoms with Gasteiger partial charge in [-0.25, -0.2) is 0 Å². The molecule has 0 aliphatic carbocycles. The van der Waals surface area contributed by atoms with Crippen LogP contribution in [-0.4, -0.2) is 30.1 Å². The fourth-order valence-corrected chi connectivity index (χ4v) is 4.62. The summed E-state index contributed by atoms with van der Waals surface area (Å²) in [4.78, 5) is 2.66. The number of hydrogen-bond acceptors (Lipinski definition) is 3. The fraction of sp³-hybridized carbons (Fsp3) is 0.692. The van der Waals surface area contributed by atoms with Gasteiger partial charge in [-0.05, 0) is 65.2 Å². The summed E-state index contributed by atoms with van der Waals surface area (Å²) in [5.41, 5.74) is 1.78. The number of halogens is 1. The molecule has 2 aliphatic rings. The monoisotopic (exact) mass is 314 g/mol. The summed E-state index contributed by atoms with van der Waals surface area (Å²) in [7, 11) is 0. The molecule has 3 rings (SSSR count). The zero-order valence-corrected chi connectivity index (χ0v) is 12.8. The molecule has 2 unspecified atom stereocenters. The highest BCUT2D eigenvalue weighted by Gasteiger charge is 2.49. The van der Waals surface area contributed by atoms with E-state index in [1.54, 1.807) is 11.3 Å². The van der Waals surface area contributed by atoms with Crippen molar-refractivity contribution in [2.75, 3.05) is 19.6 Å². The van der Waals surface area contributed by atoms with Crippen LogP contribution in [0.15, 0.2) is 15.2 Å². The van der Waals surface area contributed by atoms with Crippen molar-refractivity contribution in [3.63, 3.8) is 0 Å². The van der Waals surface area contributed by atoms with Crippen LogP contribution in [0.2, 0.25) is 0 Å². The van der Waals surface area contributed by atoms with E-state index in [1.165, 1.54) is 29.0 Å². The van der Waals surface area contributed by atoms with E-state index in [4.69, 9.17) is 0 Å². The predicted octanol–water partition coefficient (Wildman–Crippen LogP) is 2.94. The highest BCUT2D eigenvalue weighted by molar-refractivity contribution is 9.11. The molecule has 2 nitrogen and oxygen atoms in total. The van der Waals surface area contributed by atoms with Crippen molar-refractivity contribution < 1.29 is 0 Å². The normalized spacial score (nSPS) is 31.9. The second kappa shape index (κ2) is 4.34. The van der Waals surface area contributed by atoms with Crippen LogP contribution < -0.4 is 5.32 Å². The summed E-state index contributed by atoms with van der Waals surface area (Å²) in [6, 6.07) is 2.26. The van der Waals surface area contributed by atoms with Gasteiger partial charge in [0.1, 0.15) is 0 Å². The summed E-state index contributed by atoms with van der Waals surface area (Å²) < 4.78 is 1.24. The molecule has 0 amide bonds. The molecule has 4 heteroatoms. The van der Waals surface area contributed by atoms with Gasteiger partial charge >= 0.3 is 0 Å². The molecule has 2 fully saturated rings. The first-order valence-corrected chi connectivity index (χ1v) is 7.93. The van der Waals surface area contributed by atoms with Crippen LogP contribution in [0.3, 0.4) is 0 Å². The van der Waals surface area contributed by atoms with Gasteiger partial charge in [-0.15, -0.1) is 11.3 Å². The van der Waals surface area contributed by atoms with Crippen molar-refractivity contribution in [1.82, 2.24) is 10.2 Å². The average Bonchev–Trinajstić information content (AvgIpc) is 2.90. The van der Waals surface area contributed by atoms with Gasteiger partial charge < -0.3 is 5.32 Å². The van der Waals surface area contributed by atoms with Gasteiger partial charge in [0.05, 0.1) is 3.79 Å². The predicted molar refractivity (Wildman–Crippen MR) is 76.4 cm³/mol. The van der Waals surface area contributed by atoms with Gasteiger partial charge in [0.15, 0.2) is 0 Å². The standard InChI is InChI=1S/C13H19BrN2S/c1-13(2)11-5-15-4-10(11)7-16(13)6-9-3-12(14)17-8-9/h3,8,10-11,15H,4-7H2,1-2H3. The maximum absolute atomic E-state index is 3.55. The van der Waals surface area contributed by atoms with Gasteiger partial charge in [-0.3, -0.25) is 4.90 Å². The summed E-state index contributed by atoms with van der Waals surface area (Å²) in [6.45, 7) is 9.57. The number of rotatable bonds is 2. The molecule has 0 saturated carbocycles. The zero-order valence-electron chi connectivity index (χ0n) is 10.4. The maximum atomic E-state index is 3.55. The third-order valence-electron chi connectivity index (χ3n) is 4.51. The number of likely N-dealkylation sites (tertiary alicyclic amines) is 1. The van der Waals surface area contributed by atoms with Crippen LogP contribution in [-0.2, 0) is 6.54 Å². The first kappa shape index (κ1) is 12.2. The van der Waals surface area contributed by atoms with Crippen LogP contribution in [0.5, 0.6) is 0 Å². The largest absolute Gasteiger partial charge is 0.316 e. The SMILES string of the molecule is CC1(C)C2CNCC2CN1Cc1csc(Br)c1. The molecule has 2 saturated heterocycles. The van der Waals surface area contributed by atoms with Crippen molar-refractivity contribution in [2.45, 2.75) is 25.9 Å². The van der Waals surface area contributed by atoms with Crippen molar-refractivity contribution in [2.24, 2.45) is 11.8 Å². The maximum Gasteiger partial charge on any atom is 0.0701 e. The van der Waals surface area contributed by atoms with E-state index in [1.807, 2.05) is 0 Å². The second-order valence-corrected chi connectivity index (χ2v) is 8.11. The molecule has 2 atom stereocenters. The molecule has 0 bridgehead atoms. The van der Waals surface area contributed by atoms with Crippen LogP contribution in [0.1, 0.15) is 19.4 Å². The summed E-state index contributed by atoms with van der Waals surface area (Å²) in [5, 5.41) is 5.81. The van der Waals surface area contributed by atoms with Crippen LogP contribution >= 0.6 is 27.3 Å². The molecule has 1 N–H and O–H groups in total. The smallest absolute Gasteiger partial charge is 0.0701 e. The Bertz CT molecular complexity index is 415. The molecule has 3 heterocycles. The molecule has 2 aliphatic heterocycles. The van der Waals surface area contributed by atoms with Crippen LogP contribution in [0, 0.1) is 11.8 Å². The van der Waals surface area contributed by atoms with Crippen molar-refractivity contribution in [1.29, 1.82) is 0 Å². The van der Waals surface area contributed by atoms with E-state index in [2.05, 4.69) is 51.4 Å². The molecular formula is C13H19BrN2S. The third kappa shape index (κ3) is 2.09. The quantitative estimate of drug-likeness (QED) is 0.903. The molecule has 0 radical (unpaired) electrons. The van der Waals surface area contributed by atoms with Gasteiger partial charge in [-0.1, -0.05) is 0 Å². The number of nitrogens with zero attached hydrogens (tertiary/aromatic N) is 1. The molecule has 0 aromatic carbocycles. The van der Waals surface area contributed by atoms with E-state index >= 15 is 0 Å². The molecule has 0 spiro atoms. The Kier molecular flexibility index (Phi) is 3.10. The Morgan fingerprint density at radius 2 is 2.35 bits per heavy atom. The van der Waals surface area contributed by atoms with Crippen molar-refractivity contribution in [3.8, 4) is 0 Å². The number of thiophene rings is 1. The lowest BCUT2D eigenvalue weighted by Gasteiger charge is -2.35. The lowest BCUT2D eigenvalue weighted by Crippen LogP contribution is -2.43. The van der Waals surface area contributed by atoms with Gasteiger partial charge in [0.25, 0.3) is 0 Å². The minimum Gasteiger partial charge on any atom is -0.316 e. The van der Waals surface area contributed by atoms with E-state index in [0.717, 1.165) is 18.4 Å². The first-order valence-electron chi connectivity index (χ1n) is 6.26. The summed E-state index contributed by atoms with van der Waals surface area (Å²) >= 11 is 5.34. The third-order valence-corrected chi connectivity index (χ3v) is 6.07. The first-order chi connectivity index (χ1) is 8.07. The molecule has 94 valence electrons. The van der Waals surface area contributed by atoms with Crippen LogP contribution in [0.4, 0.5) is 0 Å². The minimum atomic E-state index is 0.336. The molecular weight excluding hydrogens is 296 g/mol. The minimum absolute atomic E-state index is 0.336. The van der Waals surface area contributed by atoms with Crippen LogP contribution in [0.25, 0.3) is 0 Å². The number of fused-ring (bicyclic) bond motifs is 1. The van der Waals surface area contributed by atoms with E-state index in [0.29, 0.717) is 5.54 Å². The van der Waals surface area contributed by atoms with Crippen molar-refractivity contribution in [3.05, 3.63) is 20.8 Å². The molecule has 17 heavy (non-hydrogen) atoms. The summed E-state index contributed by atoms with van der Waals surface area (Å²) in [5.74, 6) is 1.68. The number of hydrogen-bond donors (Lipinski definition) is 1. The van der Waals surface area contributed by atoms with E-state index in [9.17, 15) is 0 Å². The Morgan fingerprint density at radius 3 is 3.00 bits per heavy atom. The zero-order chi connectivity index (χ0) is 12.0. The Balaban J connectivity index is 1.76. The molecule has 1 aromatic heterocycles. The highest BCUT2D eigenvalue weighted by atomic mass is 79.9. The summed E-state index contributed by atoms with van der Waals surface area (Å²) in [6.07, 6.45) is 0. The lowest BCUT2D eigenvalue weighted by molar-refractivity contribution is 0.132. The van der Waals surface area contributed by atoms with Crippen molar-refractivity contribution >= 4 is 27.3 Å². The lowest BCUT2D eigenvalue weighted by atomic mass is 9.85. The van der Waals surface area contributed by atoms with Gasteiger partial charge in [0, 0.05) is 25.2 Å². The van der Waals surface area contributed by atoms with E-state index in [-0.39, 0.29) is 0 Å². The topological polar surface area (TPSA) is 15.3 Å². The fourth-order valence-electron chi connectivity index (χ4n) is 3.42. The number of nitrogens with one attached hydrogen (secondary N) is 1. The highest BCUT2D eigenvalue weighted by Crippen LogP contribution is 2.41.